The molecule has 3 aromatic rings. The van der Waals surface area contributed by atoms with Crippen molar-refractivity contribution in [3.05, 3.63) is 82.7 Å². The summed E-state index contributed by atoms with van der Waals surface area (Å²) in [6.07, 6.45) is 0.763. The SMILES string of the molecule is Cc1nn(Cc2ccccc2)c(C)c1CNC(=O)COc1ccc(C=O)cc1. The summed E-state index contributed by atoms with van der Waals surface area (Å²) in [5, 5.41) is 7.48. The Kier molecular flexibility index (Phi) is 6.22. The molecule has 0 aliphatic carbocycles. The molecular formula is C22H23N3O3. The number of carbonyl (C=O) groups is 2. The second kappa shape index (κ2) is 8.99. The van der Waals surface area contributed by atoms with Crippen molar-refractivity contribution in [2.24, 2.45) is 0 Å². The van der Waals surface area contributed by atoms with E-state index < -0.39 is 0 Å². The van der Waals surface area contributed by atoms with Crippen LogP contribution in [0.5, 0.6) is 5.75 Å². The van der Waals surface area contributed by atoms with Gasteiger partial charge in [0.1, 0.15) is 12.0 Å². The third-order valence-corrected chi connectivity index (χ3v) is 4.55. The second-order valence-electron chi connectivity index (χ2n) is 6.54. The van der Waals surface area contributed by atoms with Crippen LogP contribution in [0.25, 0.3) is 0 Å². The average molecular weight is 377 g/mol. The van der Waals surface area contributed by atoms with Gasteiger partial charge in [-0.05, 0) is 43.7 Å². The van der Waals surface area contributed by atoms with Crippen LogP contribution < -0.4 is 10.1 Å². The molecule has 1 N–H and O–H groups in total. The number of hydrogen-bond acceptors (Lipinski definition) is 4. The number of aldehydes is 1. The monoisotopic (exact) mass is 377 g/mol. The Balaban J connectivity index is 1.54. The lowest BCUT2D eigenvalue weighted by atomic mass is 10.2. The molecule has 0 bridgehead atoms. The number of rotatable bonds is 8. The standard InChI is InChI=1S/C22H23N3O3/c1-16-21(17(2)25(24-16)13-18-6-4-3-5-7-18)12-23-22(27)15-28-20-10-8-19(14-26)9-11-20/h3-11,14H,12-13,15H2,1-2H3,(H,23,27). The van der Waals surface area contributed by atoms with Gasteiger partial charge >= 0.3 is 0 Å². The zero-order chi connectivity index (χ0) is 19.9. The van der Waals surface area contributed by atoms with Gasteiger partial charge in [0.05, 0.1) is 12.2 Å². The first kappa shape index (κ1) is 19.4. The molecule has 3 rings (SSSR count). The summed E-state index contributed by atoms with van der Waals surface area (Å²) >= 11 is 0. The normalized spacial score (nSPS) is 10.5. The van der Waals surface area contributed by atoms with E-state index in [-0.39, 0.29) is 12.5 Å². The molecule has 1 aromatic heterocycles. The molecule has 0 saturated carbocycles. The zero-order valence-electron chi connectivity index (χ0n) is 16.0. The molecule has 6 nitrogen and oxygen atoms in total. The van der Waals surface area contributed by atoms with Crippen LogP contribution in [0, 0.1) is 13.8 Å². The van der Waals surface area contributed by atoms with E-state index in [1.807, 2.05) is 36.7 Å². The molecule has 1 heterocycles. The van der Waals surface area contributed by atoms with Gasteiger partial charge < -0.3 is 10.1 Å². The number of aromatic nitrogens is 2. The minimum absolute atomic E-state index is 0.0866. The zero-order valence-corrected chi connectivity index (χ0v) is 16.0. The van der Waals surface area contributed by atoms with Crippen LogP contribution in [0.4, 0.5) is 0 Å². The van der Waals surface area contributed by atoms with Gasteiger partial charge in [0.2, 0.25) is 0 Å². The molecular weight excluding hydrogens is 354 g/mol. The minimum Gasteiger partial charge on any atom is -0.484 e. The predicted molar refractivity (Wildman–Crippen MR) is 106 cm³/mol. The largest absolute Gasteiger partial charge is 0.484 e. The first-order valence-corrected chi connectivity index (χ1v) is 9.08. The quantitative estimate of drug-likeness (QED) is 0.613. The van der Waals surface area contributed by atoms with Gasteiger partial charge in [0.15, 0.2) is 6.61 Å². The third-order valence-electron chi connectivity index (χ3n) is 4.55. The van der Waals surface area contributed by atoms with E-state index in [2.05, 4.69) is 22.5 Å². The molecule has 144 valence electrons. The second-order valence-corrected chi connectivity index (χ2v) is 6.54. The van der Waals surface area contributed by atoms with Crippen LogP contribution in [-0.2, 0) is 17.9 Å². The maximum absolute atomic E-state index is 12.1. The highest BCUT2D eigenvalue weighted by atomic mass is 16.5. The highest BCUT2D eigenvalue weighted by molar-refractivity contribution is 5.77. The Bertz CT molecular complexity index is 947. The molecule has 28 heavy (non-hydrogen) atoms. The summed E-state index contributed by atoms with van der Waals surface area (Å²) in [5.41, 5.74) is 4.69. The summed E-state index contributed by atoms with van der Waals surface area (Å²) in [4.78, 5) is 22.8. The molecule has 0 aliphatic rings. The molecule has 0 atom stereocenters. The number of hydrogen-bond donors (Lipinski definition) is 1. The number of nitrogens with zero attached hydrogens (tertiary/aromatic N) is 2. The molecule has 0 spiro atoms. The summed E-state index contributed by atoms with van der Waals surface area (Å²) in [5.74, 6) is 0.331. The highest BCUT2D eigenvalue weighted by Crippen LogP contribution is 2.15. The van der Waals surface area contributed by atoms with E-state index in [1.54, 1.807) is 24.3 Å². The van der Waals surface area contributed by atoms with E-state index >= 15 is 0 Å². The molecule has 0 unspecified atom stereocenters. The molecule has 0 fully saturated rings. The van der Waals surface area contributed by atoms with Crippen LogP contribution >= 0.6 is 0 Å². The van der Waals surface area contributed by atoms with Crippen LogP contribution in [0.1, 0.15) is 32.9 Å². The van der Waals surface area contributed by atoms with E-state index in [1.165, 1.54) is 5.56 Å². The van der Waals surface area contributed by atoms with Crippen LogP contribution in [0.2, 0.25) is 0 Å². The summed E-state index contributed by atoms with van der Waals surface area (Å²) < 4.78 is 7.41. The summed E-state index contributed by atoms with van der Waals surface area (Å²) in [7, 11) is 0. The number of carbonyl (C=O) groups excluding carboxylic acids is 2. The van der Waals surface area contributed by atoms with E-state index in [9.17, 15) is 9.59 Å². The van der Waals surface area contributed by atoms with Crippen molar-refractivity contribution in [1.29, 1.82) is 0 Å². The fourth-order valence-electron chi connectivity index (χ4n) is 2.93. The number of aryl methyl sites for hydroxylation is 1. The topological polar surface area (TPSA) is 73.2 Å². The Morgan fingerprint density at radius 2 is 1.82 bits per heavy atom. The van der Waals surface area contributed by atoms with Gasteiger partial charge in [0.25, 0.3) is 5.91 Å². The Morgan fingerprint density at radius 3 is 2.50 bits per heavy atom. The number of nitrogens with one attached hydrogen (secondary N) is 1. The highest BCUT2D eigenvalue weighted by Gasteiger charge is 2.13. The van der Waals surface area contributed by atoms with Gasteiger partial charge in [-0.1, -0.05) is 30.3 Å². The van der Waals surface area contributed by atoms with Crippen molar-refractivity contribution >= 4 is 12.2 Å². The summed E-state index contributed by atoms with van der Waals surface area (Å²) in [6, 6.07) is 16.8. The fourth-order valence-corrected chi connectivity index (χ4v) is 2.93. The lowest BCUT2D eigenvalue weighted by Crippen LogP contribution is -2.28. The van der Waals surface area contributed by atoms with Crippen molar-refractivity contribution in [3.8, 4) is 5.75 Å². The average Bonchev–Trinajstić information content (AvgIpc) is 2.98. The molecule has 2 aromatic carbocycles. The van der Waals surface area contributed by atoms with Gasteiger partial charge in [-0.25, -0.2) is 0 Å². The van der Waals surface area contributed by atoms with E-state index in [0.717, 1.165) is 23.2 Å². The van der Waals surface area contributed by atoms with Gasteiger partial charge in [-0.3, -0.25) is 14.3 Å². The van der Waals surface area contributed by atoms with Gasteiger partial charge in [-0.2, -0.15) is 5.10 Å². The van der Waals surface area contributed by atoms with E-state index in [0.29, 0.717) is 24.4 Å². The van der Waals surface area contributed by atoms with Crippen molar-refractivity contribution in [2.45, 2.75) is 26.9 Å². The molecule has 1 amide bonds. The number of amides is 1. The van der Waals surface area contributed by atoms with Crippen molar-refractivity contribution in [1.82, 2.24) is 15.1 Å². The smallest absolute Gasteiger partial charge is 0.258 e. The first-order chi connectivity index (χ1) is 13.6. The minimum atomic E-state index is -0.214. The maximum atomic E-state index is 12.1. The van der Waals surface area contributed by atoms with Crippen LogP contribution in [0.15, 0.2) is 54.6 Å². The van der Waals surface area contributed by atoms with Crippen LogP contribution in [0.3, 0.4) is 0 Å². The predicted octanol–water partition coefficient (Wildman–Crippen LogP) is 3.06. The van der Waals surface area contributed by atoms with Gasteiger partial charge in [-0.15, -0.1) is 0 Å². The summed E-state index contributed by atoms with van der Waals surface area (Å²) in [6.45, 7) is 4.97. The Morgan fingerprint density at radius 1 is 1.11 bits per heavy atom. The molecule has 6 heteroatoms. The van der Waals surface area contributed by atoms with Gasteiger partial charge in [0, 0.05) is 23.4 Å². The number of benzene rings is 2. The van der Waals surface area contributed by atoms with Crippen molar-refractivity contribution in [3.63, 3.8) is 0 Å². The lowest BCUT2D eigenvalue weighted by molar-refractivity contribution is -0.123. The Labute approximate surface area is 164 Å². The Hall–Kier alpha value is -3.41. The van der Waals surface area contributed by atoms with E-state index in [4.69, 9.17) is 4.74 Å². The molecule has 0 radical (unpaired) electrons. The molecule has 0 aliphatic heterocycles. The van der Waals surface area contributed by atoms with Crippen molar-refractivity contribution in [2.75, 3.05) is 6.61 Å². The molecule has 0 saturated heterocycles. The maximum Gasteiger partial charge on any atom is 0.258 e. The number of ether oxygens (including phenoxy) is 1. The fraction of sp³-hybridized carbons (Fsp3) is 0.227. The third kappa shape index (κ3) is 4.85. The lowest BCUT2D eigenvalue weighted by Gasteiger charge is -2.09. The first-order valence-electron chi connectivity index (χ1n) is 9.08. The van der Waals surface area contributed by atoms with Crippen LogP contribution in [-0.4, -0.2) is 28.6 Å². The van der Waals surface area contributed by atoms with Crippen molar-refractivity contribution < 1.29 is 14.3 Å².